The Morgan fingerprint density at radius 2 is 1.59 bits per heavy atom. The van der Waals surface area contributed by atoms with Crippen molar-refractivity contribution in [2.45, 2.75) is 18.4 Å². The predicted octanol–water partition coefficient (Wildman–Crippen LogP) is 4.18. The number of nitrogens with zero attached hydrogens (tertiary/aromatic N) is 1. The Morgan fingerprint density at radius 3 is 2.21 bits per heavy atom. The van der Waals surface area contributed by atoms with Gasteiger partial charge in [0.15, 0.2) is 17.5 Å². The topological polar surface area (TPSA) is 64.1 Å². The highest BCUT2D eigenvalue weighted by Gasteiger charge is 2.11. The van der Waals surface area contributed by atoms with Crippen LogP contribution in [0.25, 0.3) is 0 Å². The number of hydrogen-bond acceptors (Lipinski definition) is 5. The fraction of sp³-hybridized carbons (Fsp3) is 0.381. The number of hydrogen-bond donors (Lipinski definition) is 2. The molecular formula is C21H30IN3O3S. The summed E-state index contributed by atoms with van der Waals surface area (Å²) in [4.78, 5) is 5.94. The highest BCUT2D eigenvalue weighted by Crippen LogP contribution is 2.34. The normalized spacial score (nSPS) is 10.7. The minimum Gasteiger partial charge on any atom is -0.496 e. The van der Waals surface area contributed by atoms with Crippen LogP contribution in [0.5, 0.6) is 17.2 Å². The number of ether oxygens (including phenoxy) is 3. The molecule has 0 atom stereocenters. The van der Waals surface area contributed by atoms with Gasteiger partial charge in [0.1, 0.15) is 5.75 Å². The molecule has 8 heteroatoms. The van der Waals surface area contributed by atoms with E-state index in [0.29, 0.717) is 18.0 Å². The van der Waals surface area contributed by atoms with Gasteiger partial charge in [0.2, 0.25) is 0 Å². The van der Waals surface area contributed by atoms with Gasteiger partial charge in [0.25, 0.3) is 0 Å². The maximum atomic E-state index is 5.48. The summed E-state index contributed by atoms with van der Waals surface area (Å²) in [5, 5.41) is 6.64. The van der Waals surface area contributed by atoms with Gasteiger partial charge in [-0.2, -0.15) is 0 Å². The molecule has 160 valence electrons. The molecule has 0 radical (unpaired) electrons. The summed E-state index contributed by atoms with van der Waals surface area (Å²) in [5.41, 5.74) is 0.927. The second-order valence-electron chi connectivity index (χ2n) is 5.80. The first-order valence-electron chi connectivity index (χ1n) is 9.20. The van der Waals surface area contributed by atoms with Gasteiger partial charge in [-0.3, -0.25) is 0 Å². The van der Waals surface area contributed by atoms with E-state index in [0.717, 1.165) is 36.1 Å². The average Bonchev–Trinajstić information content (AvgIpc) is 2.74. The van der Waals surface area contributed by atoms with Crippen LogP contribution in [-0.2, 0) is 6.54 Å². The molecule has 0 aliphatic carbocycles. The molecule has 0 aliphatic rings. The fourth-order valence-corrected chi connectivity index (χ4v) is 3.37. The molecule has 2 N–H and O–H groups in total. The summed E-state index contributed by atoms with van der Waals surface area (Å²) < 4.78 is 16.2. The van der Waals surface area contributed by atoms with Crippen LogP contribution in [0.4, 0.5) is 0 Å². The van der Waals surface area contributed by atoms with E-state index < -0.39 is 0 Å². The van der Waals surface area contributed by atoms with Gasteiger partial charge in [-0.05, 0) is 25.1 Å². The number of guanidine groups is 1. The lowest BCUT2D eigenvalue weighted by Crippen LogP contribution is -2.38. The standard InChI is InChI=1S/C21H29N3O3S.HI/c1-5-22-21(23-11-12-28-17-9-7-6-8-10-17)24-15-16-13-19(26-3)20(27-4)14-18(16)25-2;/h6-10,13-14H,5,11-12,15H2,1-4H3,(H2,22,23,24);1H. The minimum atomic E-state index is 0. The van der Waals surface area contributed by atoms with Gasteiger partial charge >= 0.3 is 0 Å². The molecule has 0 heterocycles. The van der Waals surface area contributed by atoms with E-state index in [-0.39, 0.29) is 24.0 Å². The third-order valence-electron chi connectivity index (χ3n) is 3.94. The Morgan fingerprint density at radius 1 is 0.931 bits per heavy atom. The van der Waals surface area contributed by atoms with E-state index >= 15 is 0 Å². The third kappa shape index (κ3) is 8.22. The molecule has 2 aromatic rings. The van der Waals surface area contributed by atoms with Crippen molar-refractivity contribution in [1.29, 1.82) is 0 Å². The minimum absolute atomic E-state index is 0. The van der Waals surface area contributed by atoms with Crippen molar-refractivity contribution in [3.05, 3.63) is 48.0 Å². The lowest BCUT2D eigenvalue weighted by Gasteiger charge is -2.14. The van der Waals surface area contributed by atoms with Gasteiger partial charge in [0, 0.05) is 35.4 Å². The Hall–Kier alpha value is -1.81. The summed E-state index contributed by atoms with van der Waals surface area (Å²) in [6, 6.07) is 14.1. The molecule has 2 aromatic carbocycles. The largest absolute Gasteiger partial charge is 0.496 e. The second-order valence-corrected chi connectivity index (χ2v) is 6.97. The Balaban J connectivity index is 0.00000420. The molecule has 0 saturated heterocycles. The molecule has 0 unspecified atom stereocenters. The zero-order valence-electron chi connectivity index (χ0n) is 17.4. The quantitative estimate of drug-likeness (QED) is 0.158. The summed E-state index contributed by atoms with van der Waals surface area (Å²) in [5.74, 6) is 3.74. The van der Waals surface area contributed by atoms with Crippen LogP contribution < -0.4 is 24.8 Å². The maximum absolute atomic E-state index is 5.48. The predicted molar refractivity (Wildman–Crippen MR) is 131 cm³/mol. The van der Waals surface area contributed by atoms with Crippen LogP contribution >= 0.6 is 35.7 Å². The van der Waals surface area contributed by atoms with E-state index in [9.17, 15) is 0 Å². The molecule has 0 aliphatic heterocycles. The number of rotatable bonds is 10. The van der Waals surface area contributed by atoms with Crippen LogP contribution in [0.2, 0.25) is 0 Å². The molecule has 0 bridgehead atoms. The third-order valence-corrected chi connectivity index (χ3v) is 4.96. The van der Waals surface area contributed by atoms with E-state index in [1.54, 1.807) is 21.3 Å². The average molecular weight is 531 g/mol. The van der Waals surface area contributed by atoms with E-state index in [1.165, 1.54) is 4.90 Å². The zero-order chi connectivity index (χ0) is 20.2. The Bertz CT molecular complexity index is 760. The maximum Gasteiger partial charge on any atom is 0.191 e. The monoisotopic (exact) mass is 531 g/mol. The number of benzene rings is 2. The molecule has 29 heavy (non-hydrogen) atoms. The zero-order valence-corrected chi connectivity index (χ0v) is 20.5. The number of nitrogens with one attached hydrogen (secondary N) is 2. The summed E-state index contributed by atoms with van der Waals surface area (Å²) in [7, 11) is 4.86. The van der Waals surface area contributed by atoms with Crippen molar-refractivity contribution in [3.8, 4) is 17.2 Å². The highest BCUT2D eigenvalue weighted by molar-refractivity contribution is 14.0. The van der Waals surface area contributed by atoms with Crippen molar-refractivity contribution in [3.63, 3.8) is 0 Å². The molecule has 0 spiro atoms. The van der Waals surface area contributed by atoms with Crippen LogP contribution in [0.1, 0.15) is 12.5 Å². The van der Waals surface area contributed by atoms with Crippen LogP contribution in [0.3, 0.4) is 0 Å². The number of halogens is 1. The van der Waals surface area contributed by atoms with Gasteiger partial charge in [-0.15, -0.1) is 35.7 Å². The lowest BCUT2D eigenvalue weighted by atomic mass is 10.1. The number of aliphatic imine (C=N–C) groups is 1. The first-order valence-corrected chi connectivity index (χ1v) is 10.2. The Labute approximate surface area is 194 Å². The molecule has 0 amide bonds. The van der Waals surface area contributed by atoms with Gasteiger partial charge in [-0.1, -0.05) is 18.2 Å². The number of methoxy groups -OCH3 is 3. The highest BCUT2D eigenvalue weighted by atomic mass is 127. The van der Waals surface area contributed by atoms with Crippen molar-refractivity contribution in [1.82, 2.24) is 10.6 Å². The smallest absolute Gasteiger partial charge is 0.191 e. The fourth-order valence-electron chi connectivity index (χ4n) is 2.58. The Kier molecular flexibility index (Phi) is 12.4. The molecule has 0 fully saturated rings. The van der Waals surface area contributed by atoms with Gasteiger partial charge in [0.05, 0.1) is 27.9 Å². The van der Waals surface area contributed by atoms with Crippen molar-refractivity contribution < 1.29 is 14.2 Å². The lowest BCUT2D eigenvalue weighted by molar-refractivity contribution is 0.347. The molecule has 2 rings (SSSR count). The van der Waals surface area contributed by atoms with E-state index in [1.807, 2.05) is 36.9 Å². The first kappa shape index (κ1) is 25.2. The molecular weight excluding hydrogens is 501 g/mol. The second kappa shape index (κ2) is 14.2. The van der Waals surface area contributed by atoms with Crippen LogP contribution in [-0.4, -0.2) is 46.1 Å². The van der Waals surface area contributed by atoms with Crippen LogP contribution in [0, 0.1) is 0 Å². The number of thioether (sulfide) groups is 1. The first-order chi connectivity index (χ1) is 13.7. The van der Waals surface area contributed by atoms with Crippen molar-refractivity contribution in [2.75, 3.05) is 40.2 Å². The molecule has 6 nitrogen and oxygen atoms in total. The summed E-state index contributed by atoms with van der Waals surface area (Å²) in [6.45, 7) is 4.12. The SMILES string of the molecule is CCNC(=NCc1cc(OC)c(OC)cc1OC)NCCSc1ccccc1.I. The molecule has 0 saturated carbocycles. The summed E-state index contributed by atoms with van der Waals surface area (Å²) >= 11 is 1.81. The summed E-state index contributed by atoms with van der Waals surface area (Å²) in [6.07, 6.45) is 0. The molecule has 0 aromatic heterocycles. The van der Waals surface area contributed by atoms with Crippen molar-refractivity contribution in [2.24, 2.45) is 4.99 Å². The van der Waals surface area contributed by atoms with Crippen LogP contribution in [0.15, 0.2) is 52.4 Å². The van der Waals surface area contributed by atoms with Gasteiger partial charge in [-0.25, -0.2) is 4.99 Å². The van der Waals surface area contributed by atoms with Crippen molar-refractivity contribution >= 4 is 41.7 Å². The van der Waals surface area contributed by atoms with Gasteiger partial charge < -0.3 is 24.8 Å². The van der Waals surface area contributed by atoms with E-state index in [2.05, 4.69) is 39.9 Å². The van der Waals surface area contributed by atoms with E-state index in [4.69, 9.17) is 14.2 Å².